The molecular weight excluding hydrogens is 212 g/mol. The lowest BCUT2D eigenvalue weighted by Crippen LogP contribution is -2.40. The lowest BCUT2D eigenvalue weighted by Gasteiger charge is -2.23. The van der Waals surface area contributed by atoms with Crippen molar-refractivity contribution in [1.29, 1.82) is 0 Å². The molecule has 0 amide bonds. The van der Waals surface area contributed by atoms with E-state index in [1.54, 1.807) is 0 Å². The molecule has 0 bridgehead atoms. The number of hydrogen-bond donors (Lipinski definition) is 2. The molecule has 0 spiro atoms. The van der Waals surface area contributed by atoms with E-state index in [0.29, 0.717) is 6.54 Å². The van der Waals surface area contributed by atoms with Gasteiger partial charge in [0.15, 0.2) is 0 Å². The molecule has 1 aromatic carbocycles. The van der Waals surface area contributed by atoms with Gasteiger partial charge < -0.3 is 10.8 Å². The van der Waals surface area contributed by atoms with Gasteiger partial charge in [0.25, 0.3) is 0 Å². The van der Waals surface area contributed by atoms with Crippen LogP contribution in [0.5, 0.6) is 0 Å². The van der Waals surface area contributed by atoms with E-state index >= 15 is 0 Å². The van der Waals surface area contributed by atoms with Gasteiger partial charge in [0, 0.05) is 25.7 Å². The minimum absolute atomic E-state index is 0.0869. The van der Waals surface area contributed by atoms with Crippen LogP contribution in [0.2, 0.25) is 0 Å². The van der Waals surface area contributed by atoms with Crippen LogP contribution in [0.25, 0.3) is 0 Å². The Morgan fingerprint density at radius 3 is 2.65 bits per heavy atom. The van der Waals surface area contributed by atoms with Crippen molar-refractivity contribution in [2.45, 2.75) is 12.5 Å². The zero-order valence-corrected chi connectivity index (χ0v) is 10.3. The molecule has 17 heavy (non-hydrogen) atoms. The Morgan fingerprint density at radius 1 is 1.35 bits per heavy atom. The number of rotatable bonds is 8. The van der Waals surface area contributed by atoms with Gasteiger partial charge in [-0.1, -0.05) is 36.4 Å². The molecule has 0 saturated heterocycles. The van der Waals surface area contributed by atoms with Crippen LogP contribution in [0.4, 0.5) is 0 Å². The molecule has 0 saturated carbocycles. The standard InChI is InChI=1S/C14H22N2O/c1-2-8-16(9-10-17)12-14(15)11-13-6-4-3-5-7-13/h2-7,14,17H,1,8-12,15H2. The molecule has 0 fully saturated rings. The van der Waals surface area contributed by atoms with Crippen molar-refractivity contribution < 1.29 is 5.11 Å². The molecule has 0 heterocycles. The second-order valence-corrected chi connectivity index (χ2v) is 4.22. The molecule has 3 N–H and O–H groups in total. The van der Waals surface area contributed by atoms with Crippen molar-refractivity contribution in [2.24, 2.45) is 5.73 Å². The average molecular weight is 234 g/mol. The fraction of sp³-hybridized carbons (Fsp3) is 0.429. The molecule has 1 aromatic rings. The number of aliphatic hydroxyl groups excluding tert-OH is 1. The van der Waals surface area contributed by atoms with Crippen LogP contribution in [0.15, 0.2) is 43.0 Å². The molecule has 1 unspecified atom stereocenters. The Morgan fingerprint density at radius 2 is 2.06 bits per heavy atom. The van der Waals surface area contributed by atoms with Gasteiger partial charge in [0.05, 0.1) is 6.61 Å². The third kappa shape index (κ3) is 5.63. The minimum Gasteiger partial charge on any atom is -0.395 e. The molecule has 0 aliphatic carbocycles. The predicted octanol–water partition coefficient (Wildman–Crippen LogP) is 1.04. The van der Waals surface area contributed by atoms with Crippen LogP contribution in [0.1, 0.15) is 5.56 Å². The summed E-state index contributed by atoms with van der Waals surface area (Å²) in [5, 5.41) is 8.95. The maximum absolute atomic E-state index is 8.95. The van der Waals surface area contributed by atoms with Crippen LogP contribution in [-0.2, 0) is 6.42 Å². The van der Waals surface area contributed by atoms with Gasteiger partial charge in [-0.3, -0.25) is 4.90 Å². The average Bonchev–Trinajstić information content (AvgIpc) is 2.30. The molecule has 94 valence electrons. The summed E-state index contributed by atoms with van der Waals surface area (Å²) in [6.45, 7) is 6.06. The van der Waals surface area contributed by atoms with Crippen LogP contribution >= 0.6 is 0 Å². The summed E-state index contributed by atoms with van der Waals surface area (Å²) in [6.07, 6.45) is 2.70. The Labute approximate surface area is 104 Å². The Balaban J connectivity index is 2.41. The molecule has 0 aromatic heterocycles. The van der Waals surface area contributed by atoms with Crippen LogP contribution in [0.3, 0.4) is 0 Å². The zero-order chi connectivity index (χ0) is 12.5. The Hall–Kier alpha value is -1.16. The Kier molecular flexibility index (Phi) is 6.55. The molecule has 0 aliphatic rings. The lowest BCUT2D eigenvalue weighted by atomic mass is 10.1. The van der Waals surface area contributed by atoms with E-state index < -0.39 is 0 Å². The second kappa shape index (κ2) is 8.01. The summed E-state index contributed by atoms with van der Waals surface area (Å²) >= 11 is 0. The van der Waals surface area contributed by atoms with Crippen molar-refractivity contribution in [2.75, 3.05) is 26.2 Å². The van der Waals surface area contributed by atoms with Gasteiger partial charge in [-0.2, -0.15) is 0 Å². The van der Waals surface area contributed by atoms with Crippen molar-refractivity contribution in [3.63, 3.8) is 0 Å². The van der Waals surface area contributed by atoms with E-state index in [2.05, 4.69) is 23.6 Å². The molecule has 3 heteroatoms. The molecule has 1 atom stereocenters. The molecule has 3 nitrogen and oxygen atoms in total. The summed E-state index contributed by atoms with van der Waals surface area (Å²) in [7, 11) is 0. The number of aliphatic hydroxyl groups is 1. The monoisotopic (exact) mass is 234 g/mol. The predicted molar refractivity (Wildman–Crippen MR) is 71.8 cm³/mol. The molecule has 0 radical (unpaired) electrons. The smallest absolute Gasteiger partial charge is 0.0558 e. The normalized spacial score (nSPS) is 12.6. The Bertz CT molecular complexity index is 313. The first-order chi connectivity index (χ1) is 8.26. The zero-order valence-electron chi connectivity index (χ0n) is 10.3. The topological polar surface area (TPSA) is 49.5 Å². The van der Waals surface area contributed by atoms with Crippen LogP contribution in [-0.4, -0.2) is 42.3 Å². The van der Waals surface area contributed by atoms with Gasteiger partial charge in [0.1, 0.15) is 0 Å². The highest BCUT2D eigenvalue weighted by Crippen LogP contribution is 2.03. The van der Waals surface area contributed by atoms with E-state index in [4.69, 9.17) is 10.8 Å². The summed E-state index contributed by atoms with van der Waals surface area (Å²) in [4.78, 5) is 2.11. The van der Waals surface area contributed by atoms with Crippen molar-refractivity contribution in [3.05, 3.63) is 48.6 Å². The van der Waals surface area contributed by atoms with Gasteiger partial charge in [0.2, 0.25) is 0 Å². The third-order valence-corrected chi connectivity index (χ3v) is 2.64. The maximum atomic E-state index is 8.95. The van der Waals surface area contributed by atoms with E-state index in [1.807, 2.05) is 24.3 Å². The molecule has 1 rings (SSSR count). The van der Waals surface area contributed by atoms with Gasteiger partial charge in [-0.25, -0.2) is 0 Å². The lowest BCUT2D eigenvalue weighted by molar-refractivity contribution is 0.201. The molecule has 0 aliphatic heterocycles. The largest absolute Gasteiger partial charge is 0.395 e. The first-order valence-corrected chi connectivity index (χ1v) is 6.00. The van der Waals surface area contributed by atoms with E-state index in [9.17, 15) is 0 Å². The second-order valence-electron chi connectivity index (χ2n) is 4.22. The number of benzene rings is 1. The highest BCUT2D eigenvalue weighted by Gasteiger charge is 2.09. The fourth-order valence-corrected chi connectivity index (χ4v) is 1.89. The fourth-order valence-electron chi connectivity index (χ4n) is 1.89. The van der Waals surface area contributed by atoms with Gasteiger partial charge >= 0.3 is 0 Å². The van der Waals surface area contributed by atoms with E-state index in [1.165, 1.54) is 5.56 Å². The summed E-state index contributed by atoms with van der Waals surface area (Å²) in [5.74, 6) is 0. The highest BCUT2D eigenvalue weighted by molar-refractivity contribution is 5.15. The molecular formula is C14H22N2O. The first kappa shape index (κ1) is 13.9. The number of hydrogen-bond acceptors (Lipinski definition) is 3. The first-order valence-electron chi connectivity index (χ1n) is 6.00. The number of nitrogens with two attached hydrogens (primary N) is 1. The summed E-state index contributed by atoms with van der Waals surface area (Å²) in [6, 6.07) is 10.3. The summed E-state index contributed by atoms with van der Waals surface area (Å²) < 4.78 is 0. The SMILES string of the molecule is C=CCN(CCO)CC(N)Cc1ccccc1. The third-order valence-electron chi connectivity index (χ3n) is 2.64. The highest BCUT2D eigenvalue weighted by atomic mass is 16.3. The van der Waals surface area contributed by atoms with Crippen LogP contribution in [0, 0.1) is 0 Å². The quantitative estimate of drug-likeness (QED) is 0.661. The van der Waals surface area contributed by atoms with Crippen molar-refractivity contribution in [3.8, 4) is 0 Å². The van der Waals surface area contributed by atoms with Crippen LogP contribution < -0.4 is 5.73 Å². The van der Waals surface area contributed by atoms with Gasteiger partial charge in [-0.15, -0.1) is 6.58 Å². The van der Waals surface area contributed by atoms with E-state index in [0.717, 1.165) is 19.5 Å². The van der Waals surface area contributed by atoms with E-state index in [-0.39, 0.29) is 12.6 Å². The maximum Gasteiger partial charge on any atom is 0.0558 e. The van der Waals surface area contributed by atoms with Crippen molar-refractivity contribution in [1.82, 2.24) is 4.90 Å². The summed E-state index contributed by atoms with van der Waals surface area (Å²) in [5.41, 5.74) is 7.36. The van der Waals surface area contributed by atoms with Crippen molar-refractivity contribution >= 4 is 0 Å². The number of nitrogens with zero attached hydrogens (tertiary/aromatic N) is 1. The minimum atomic E-state index is 0.0869. The van der Waals surface area contributed by atoms with Gasteiger partial charge in [-0.05, 0) is 12.0 Å².